The van der Waals surface area contributed by atoms with Crippen LogP contribution in [0.15, 0.2) is 53.5 Å². The minimum absolute atomic E-state index is 0.302. The van der Waals surface area contributed by atoms with Crippen molar-refractivity contribution in [3.63, 3.8) is 0 Å². The lowest BCUT2D eigenvalue weighted by Gasteiger charge is -2.18. The number of aliphatic imine (C=N–C) groups is 1. The van der Waals surface area contributed by atoms with E-state index in [-0.39, 0.29) is 0 Å². The van der Waals surface area contributed by atoms with Gasteiger partial charge in [-0.15, -0.1) is 0 Å². The zero-order valence-electron chi connectivity index (χ0n) is 13.0. The third-order valence-corrected chi connectivity index (χ3v) is 4.15. The first-order valence-electron chi connectivity index (χ1n) is 7.26. The third-order valence-electron chi connectivity index (χ3n) is 4.15. The molecule has 1 unspecified atom stereocenters. The standard InChI is InChI=1S/C18H21N3/c1-13-18(16-7-5-6-8-17(16)21(13)4)19-14-9-11-15(12-10-14)20(2)3/h5-13H,1-4H3. The first-order valence-corrected chi connectivity index (χ1v) is 7.26. The van der Waals surface area contributed by atoms with E-state index in [2.05, 4.69) is 72.3 Å². The predicted molar refractivity (Wildman–Crippen MR) is 91.3 cm³/mol. The van der Waals surface area contributed by atoms with E-state index in [4.69, 9.17) is 4.99 Å². The number of hydrogen-bond donors (Lipinski definition) is 0. The van der Waals surface area contributed by atoms with E-state index < -0.39 is 0 Å². The fraction of sp³-hybridized carbons (Fsp3) is 0.278. The molecule has 2 aromatic carbocycles. The van der Waals surface area contributed by atoms with E-state index in [9.17, 15) is 0 Å². The van der Waals surface area contributed by atoms with Crippen LogP contribution in [0.5, 0.6) is 0 Å². The Bertz CT molecular complexity index is 671. The molecule has 0 amide bonds. The largest absolute Gasteiger partial charge is 0.378 e. The first-order chi connectivity index (χ1) is 10.1. The maximum Gasteiger partial charge on any atom is 0.0725 e. The molecule has 0 N–H and O–H groups in total. The van der Waals surface area contributed by atoms with Crippen molar-refractivity contribution >= 4 is 22.8 Å². The Kier molecular flexibility index (Phi) is 3.42. The van der Waals surface area contributed by atoms with E-state index >= 15 is 0 Å². The molecule has 0 bridgehead atoms. The third kappa shape index (κ3) is 2.40. The Balaban J connectivity index is 1.99. The molecule has 0 aromatic heterocycles. The van der Waals surface area contributed by atoms with Crippen molar-refractivity contribution in [3.05, 3.63) is 54.1 Å². The van der Waals surface area contributed by atoms with Gasteiger partial charge in [0.2, 0.25) is 0 Å². The molecule has 1 aliphatic heterocycles. The molecule has 21 heavy (non-hydrogen) atoms. The SMILES string of the molecule is CC1C(=Nc2ccc(N(C)C)cc2)c2ccccc2N1C. The van der Waals surface area contributed by atoms with Crippen molar-refractivity contribution in [2.24, 2.45) is 4.99 Å². The van der Waals surface area contributed by atoms with Crippen molar-refractivity contribution < 1.29 is 0 Å². The highest BCUT2D eigenvalue weighted by Gasteiger charge is 2.28. The predicted octanol–water partition coefficient (Wildman–Crippen LogP) is 3.71. The van der Waals surface area contributed by atoms with Gasteiger partial charge in [0, 0.05) is 38.1 Å². The van der Waals surface area contributed by atoms with Gasteiger partial charge in [0.1, 0.15) is 0 Å². The van der Waals surface area contributed by atoms with Crippen LogP contribution in [-0.2, 0) is 0 Å². The minimum Gasteiger partial charge on any atom is -0.378 e. The molecule has 108 valence electrons. The van der Waals surface area contributed by atoms with E-state index in [0.717, 1.165) is 11.4 Å². The summed E-state index contributed by atoms with van der Waals surface area (Å²) in [4.78, 5) is 9.26. The summed E-state index contributed by atoms with van der Waals surface area (Å²) in [5, 5.41) is 0. The Hall–Kier alpha value is -2.29. The van der Waals surface area contributed by atoms with Crippen LogP contribution in [0, 0.1) is 0 Å². The summed E-state index contributed by atoms with van der Waals surface area (Å²) in [6, 6.07) is 17.1. The molecule has 0 aliphatic carbocycles. The average molecular weight is 279 g/mol. The number of hydrogen-bond acceptors (Lipinski definition) is 3. The molecular weight excluding hydrogens is 258 g/mol. The van der Waals surface area contributed by atoms with E-state index in [1.165, 1.54) is 16.9 Å². The number of fused-ring (bicyclic) bond motifs is 1. The van der Waals surface area contributed by atoms with Crippen LogP contribution in [0.3, 0.4) is 0 Å². The molecule has 2 aromatic rings. The van der Waals surface area contributed by atoms with Crippen LogP contribution in [0.4, 0.5) is 17.1 Å². The average Bonchev–Trinajstić information content (AvgIpc) is 2.73. The minimum atomic E-state index is 0.302. The van der Waals surface area contributed by atoms with Crippen LogP contribution in [-0.4, -0.2) is 32.9 Å². The molecule has 0 saturated heterocycles. The summed E-state index contributed by atoms with van der Waals surface area (Å²) in [5.74, 6) is 0. The van der Waals surface area contributed by atoms with Crippen molar-refractivity contribution in [1.82, 2.24) is 0 Å². The lowest BCUT2D eigenvalue weighted by molar-refractivity contribution is 0.888. The summed E-state index contributed by atoms with van der Waals surface area (Å²) in [5.41, 5.74) is 5.84. The van der Waals surface area contributed by atoms with Crippen molar-refractivity contribution in [3.8, 4) is 0 Å². The van der Waals surface area contributed by atoms with Gasteiger partial charge in [-0.05, 0) is 37.3 Å². The summed E-state index contributed by atoms with van der Waals surface area (Å²) in [7, 11) is 6.22. The van der Waals surface area contributed by atoms with E-state index in [1.54, 1.807) is 0 Å². The van der Waals surface area contributed by atoms with Gasteiger partial charge in [-0.2, -0.15) is 0 Å². The lowest BCUT2D eigenvalue weighted by Crippen LogP contribution is -2.28. The fourth-order valence-electron chi connectivity index (χ4n) is 2.73. The van der Waals surface area contributed by atoms with Gasteiger partial charge in [-0.3, -0.25) is 4.99 Å². The van der Waals surface area contributed by atoms with Gasteiger partial charge in [-0.1, -0.05) is 18.2 Å². The zero-order chi connectivity index (χ0) is 15.0. The van der Waals surface area contributed by atoms with Crippen molar-refractivity contribution in [1.29, 1.82) is 0 Å². The monoisotopic (exact) mass is 279 g/mol. The summed E-state index contributed by atoms with van der Waals surface area (Å²) in [6.07, 6.45) is 0. The van der Waals surface area contributed by atoms with Gasteiger partial charge in [0.25, 0.3) is 0 Å². The number of likely N-dealkylation sites (N-methyl/N-ethyl adjacent to an activating group) is 1. The molecule has 1 aliphatic rings. The van der Waals surface area contributed by atoms with Gasteiger partial charge >= 0.3 is 0 Å². The van der Waals surface area contributed by atoms with Gasteiger partial charge in [0.15, 0.2) is 0 Å². The quantitative estimate of drug-likeness (QED) is 0.834. The van der Waals surface area contributed by atoms with E-state index in [1.807, 2.05) is 14.1 Å². The molecule has 1 heterocycles. The Morgan fingerprint density at radius 2 is 1.67 bits per heavy atom. The molecule has 3 heteroatoms. The molecule has 0 saturated carbocycles. The normalized spacial score (nSPS) is 19.0. The van der Waals surface area contributed by atoms with Crippen LogP contribution in [0.1, 0.15) is 12.5 Å². The number of nitrogens with zero attached hydrogens (tertiary/aromatic N) is 3. The van der Waals surface area contributed by atoms with E-state index in [0.29, 0.717) is 6.04 Å². The Morgan fingerprint density at radius 1 is 1.00 bits per heavy atom. The van der Waals surface area contributed by atoms with Crippen molar-refractivity contribution in [2.45, 2.75) is 13.0 Å². The van der Waals surface area contributed by atoms with Crippen LogP contribution >= 0.6 is 0 Å². The number of anilines is 2. The lowest BCUT2D eigenvalue weighted by atomic mass is 10.1. The Morgan fingerprint density at radius 3 is 2.33 bits per heavy atom. The molecule has 3 rings (SSSR count). The molecule has 1 atom stereocenters. The highest BCUT2D eigenvalue weighted by Crippen LogP contribution is 2.32. The first kappa shape index (κ1) is 13.7. The fourth-order valence-corrected chi connectivity index (χ4v) is 2.73. The highest BCUT2D eigenvalue weighted by molar-refractivity contribution is 6.14. The highest BCUT2D eigenvalue weighted by atomic mass is 15.2. The van der Waals surface area contributed by atoms with Crippen molar-refractivity contribution in [2.75, 3.05) is 30.9 Å². The molecule has 0 spiro atoms. The van der Waals surface area contributed by atoms with Gasteiger partial charge in [-0.25, -0.2) is 0 Å². The smallest absolute Gasteiger partial charge is 0.0725 e. The van der Waals surface area contributed by atoms with Crippen LogP contribution in [0.2, 0.25) is 0 Å². The van der Waals surface area contributed by atoms with Gasteiger partial charge in [0.05, 0.1) is 17.4 Å². The maximum atomic E-state index is 4.89. The van der Waals surface area contributed by atoms with Crippen LogP contribution < -0.4 is 9.80 Å². The molecular formula is C18H21N3. The van der Waals surface area contributed by atoms with Gasteiger partial charge < -0.3 is 9.80 Å². The molecule has 0 fully saturated rings. The molecule has 3 nitrogen and oxygen atoms in total. The summed E-state index contributed by atoms with van der Waals surface area (Å²) in [6.45, 7) is 2.20. The number of para-hydroxylation sites is 1. The van der Waals surface area contributed by atoms with Crippen LogP contribution in [0.25, 0.3) is 0 Å². The Labute approximate surface area is 126 Å². The maximum absolute atomic E-state index is 4.89. The summed E-state index contributed by atoms with van der Waals surface area (Å²) >= 11 is 0. The second kappa shape index (κ2) is 5.24. The topological polar surface area (TPSA) is 18.8 Å². The number of rotatable bonds is 2. The number of benzene rings is 2. The second-order valence-corrected chi connectivity index (χ2v) is 5.71. The molecule has 0 radical (unpaired) electrons. The summed E-state index contributed by atoms with van der Waals surface area (Å²) < 4.78 is 0. The zero-order valence-corrected chi connectivity index (χ0v) is 13.0. The second-order valence-electron chi connectivity index (χ2n) is 5.71.